The zero-order valence-corrected chi connectivity index (χ0v) is 13.0. The first kappa shape index (κ1) is 15.5. The molecule has 0 aromatic heterocycles. The van der Waals surface area contributed by atoms with Gasteiger partial charge in [-0.05, 0) is 49.2 Å². The molecule has 0 fully saturated rings. The van der Waals surface area contributed by atoms with E-state index in [1.165, 1.54) is 12.3 Å². The van der Waals surface area contributed by atoms with E-state index in [1.54, 1.807) is 36.4 Å². The molecule has 1 unspecified atom stereocenters. The molecule has 0 aliphatic rings. The van der Waals surface area contributed by atoms with Crippen LogP contribution in [0.2, 0.25) is 0 Å². The highest BCUT2D eigenvalue weighted by Gasteiger charge is 2.11. The van der Waals surface area contributed by atoms with E-state index in [4.69, 9.17) is 0 Å². The maximum absolute atomic E-state index is 13.7. The fourth-order valence-electron chi connectivity index (χ4n) is 2.07. The number of hydrogen-bond donors (Lipinski definition) is 1. The van der Waals surface area contributed by atoms with Gasteiger partial charge in [0, 0.05) is 12.3 Å². The van der Waals surface area contributed by atoms with Crippen molar-refractivity contribution in [3.63, 3.8) is 0 Å². The van der Waals surface area contributed by atoms with Crippen molar-refractivity contribution in [3.8, 4) is 0 Å². The van der Waals surface area contributed by atoms with Gasteiger partial charge in [0.25, 0.3) is 0 Å². The molecule has 1 atom stereocenters. The summed E-state index contributed by atoms with van der Waals surface area (Å²) in [5.41, 5.74) is 2.30. The van der Waals surface area contributed by atoms with Crippen molar-refractivity contribution in [3.05, 3.63) is 59.4 Å². The molecule has 0 saturated carbocycles. The van der Waals surface area contributed by atoms with Gasteiger partial charge in [-0.25, -0.2) is 12.8 Å². The molecule has 2 aromatic rings. The van der Waals surface area contributed by atoms with Crippen LogP contribution in [0.5, 0.6) is 0 Å². The van der Waals surface area contributed by atoms with E-state index in [-0.39, 0.29) is 16.8 Å². The van der Waals surface area contributed by atoms with Crippen molar-refractivity contribution in [1.82, 2.24) is 0 Å². The summed E-state index contributed by atoms with van der Waals surface area (Å²) in [5.74, 6) is -0.305. The number of aryl methyl sites for hydroxylation is 1. The molecule has 0 aliphatic heterocycles. The monoisotopic (exact) mass is 307 g/mol. The van der Waals surface area contributed by atoms with Crippen molar-refractivity contribution in [2.45, 2.75) is 24.8 Å². The van der Waals surface area contributed by atoms with E-state index in [1.807, 2.05) is 13.8 Å². The lowest BCUT2D eigenvalue weighted by atomic mass is 10.1. The average molecular weight is 307 g/mol. The fraction of sp³-hybridized carbons (Fsp3) is 0.250. The normalized spacial score (nSPS) is 13.0. The summed E-state index contributed by atoms with van der Waals surface area (Å²) < 4.78 is 36.6. The number of rotatable bonds is 4. The SMILES string of the molecule is Cc1ccc(F)c(NC(C)c2ccc(S(C)(=O)=O)cc2)c1. The van der Waals surface area contributed by atoms with Crippen LogP contribution in [0.15, 0.2) is 47.4 Å². The predicted octanol–water partition coefficient (Wildman–Crippen LogP) is 3.71. The topological polar surface area (TPSA) is 46.2 Å². The molecule has 0 amide bonds. The molecule has 0 radical (unpaired) electrons. The molecule has 2 aromatic carbocycles. The molecule has 0 saturated heterocycles. The Morgan fingerprint density at radius 2 is 1.71 bits per heavy atom. The number of halogens is 1. The van der Waals surface area contributed by atoms with E-state index in [0.29, 0.717) is 5.69 Å². The largest absolute Gasteiger partial charge is 0.376 e. The Hall–Kier alpha value is -1.88. The highest BCUT2D eigenvalue weighted by atomic mass is 32.2. The van der Waals surface area contributed by atoms with Crippen LogP contribution in [0.4, 0.5) is 10.1 Å². The Morgan fingerprint density at radius 1 is 1.10 bits per heavy atom. The molecule has 2 rings (SSSR count). The van der Waals surface area contributed by atoms with Gasteiger partial charge in [-0.2, -0.15) is 0 Å². The minimum atomic E-state index is -3.20. The lowest BCUT2D eigenvalue weighted by Gasteiger charge is -2.17. The third kappa shape index (κ3) is 3.82. The number of hydrogen-bond acceptors (Lipinski definition) is 3. The second kappa shape index (κ2) is 5.85. The van der Waals surface area contributed by atoms with E-state index in [9.17, 15) is 12.8 Å². The molecular formula is C16H18FNO2S. The minimum absolute atomic E-state index is 0.130. The summed E-state index contributed by atoms with van der Waals surface area (Å²) in [4.78, 5) is 0.278. The Bertz CT molecular complexity index is 739. The zero-order valence-electron chi connectivity index (χ0n) is 12.2. The van der Waals surface area contributed by atoms with Crippen LogP contribution in [0.1, 0.15) is 24.1 Å². The second-order valence-electron chi connectivity index (χ2n) is 5.19. The van der Waals surface area contributed by atoms with Crippen LogP contribution in [0.25, 0.3) is 0 Å². The molecule has 3 nitrogen and oxygen atoms in total. The van der Waals surface area contributed by atoms with Gasteiger partial charge >= 0.3 is 0 Å². The average Bonchev–Trinajstić information content (AvgIpc) is 2.42. The summed E-state index contributed by atoms with van der Waals surface area (Å²) >= 11 is 0. The highest BCUT2D eigenvalue weighted by molar-refractivity contribution is 7.90. The van der Waals surface area contributed by atoms with Crippen LogP contribution >= 0.6 is 0 Å². The Balaban J connectivity index is 2.20. The van der Waals surface area contributed by atoms with Crippen LogP contribution in [0, 0.1) is 12.7 Å². The van der Waals surface area contributed by atoms with Gasteiger partial charge in [-0.1, -0.05) is 18.2 Å². The predicted molar refractivity (Wildman–Crippen MR) is 82.7 cm³/mol. The summed E-state index contributed by atoms with van der Waals surface area (Å²) in [6.45, 7) is 3.80. The first-order valence-corrected chi connectivity index (χ1v) is 8.49. The van der Waals surface area contributed by atoms with Gasteiger partial charge in [0.05, 0.1) is 10.6 Å². The van der Waals surface area contributed by atoms with Crippen molar-refractivity contribution in [1.29, 1.82) is 0 Å². The number of nitrogens with one attached hydrogen (secondary N) is 1. The summed E-state index contributed by atoms with van der Waals surface area (Å²) in [6.07, 6.45) is 1.17. The first-order valence-electron chi connectivity index (χ1n) is 6.60. The molecule has 112 valence electrons. The van der Waals surface area contributed by atoms with Gasteiger partial charge in [-0.3, -0.25) is 0 Å². The standard InChI is InChI=1S/C16H18FNO2S/c1-11-4-9-15(17)16(10-11)18-12(2)13-5-7-14(8-6-13)21(3,19)20/h4-10,12,18H,1-3H3. The molecule has 0 bridgehead atoms. The molecule has 21 heavy (non-hydrogen) atoms. The smallest absolute Gasteiger partial charge is 0.175 e. The third-order valence-corrected chi connectivity index (χ3v) is 4.43. The van der Waals surface area contributed by atoms with Crippen molar-refractivity contribution < 1.29 is 12.8 Å². The number of anilines is 1. The quantitative estimate of drug-likeness (QED) is 0.936. The van der Waals surface area contributed by atoms with Gasteiger partial charge in [-0.15, -0.1) is 0 Å². The van der Waals surface area contributed by atoms with Crippen LogP contribution in [0.3, 0.4) is 0 Å². The molecular weight excluding hydrogens is 289 g/mol. The molecule has 0 heterocycles. The molecule has 5 heteroatoms. The van der Waals surface area contributed by atoms with E-state index < -0.39 is 9.84 Å². The summed E-state index contributed by atoms with van der Waals surface area (Å²) in [6, 6.07) is 11.4. The third-order valence-electron chi connectivity index (χ3n) is 3.30. The Labute approximate surface area is 124 Å². The maximum Gasteiger partial charge on any atom is 0.175 e. The van der Waals surface area contributed by atoms with E-state index in [2.05, 4.69) is 5.32 Å². The molecule has 1 N–H and O–H groups in total. The fourth-order valence-corrected chi connectivity index (χ4v) is 2.70. The van der Waals surface area contributed by atoms with E-state index >= 15 is 0 Å². The van der Waals surface area contributed by atoms with Crippen LogP contribution < -0.4 is 5.32 Å². The number of sulfone groups is 1. The summed E-state index contributed by atoms with van der Waals surface area (Å²) in [5, 5.41) is 3.10. The van der Waals surface area contributed by atoms with Gasteiger partial charge < -0.3 is 5.32 Å². The Kier molecular flexibility index (Phi) is 4.32. The maximum atomic E-state index is 13.7. The summed E-state index contributed by atoms with van der Waals surface area (Å²) in [7, 11) is -3.20. The minimum Gasteiger partial charge on any atom is -0.376 e. The number of benzene rings is 2. The van der Waals surface area contributed by atoms with Crippen LogP contribution in [-0.2, 0) is 9.84 Å². The Morgan fingerprint density at radius 3 is 2.29 bits per heavy atom. The lowest BCUT2D eigenvalue weighted by Crippen LogP contribution is -2.08. The van der Waals surface area contributed by atoms with Crippen molar-refractivity contribution in [2.24, 2.45) is 0 Å². The van der Waals surface area contributed by atoms with Gasteiger partial charge in [0.2, 0.25) is 0 Å². The van der Waals surface area contributed by atoms with Gasteiger partial charge in [0.1, 0.15) is 5.82 Å². The highest BCUT2D eigenvalue weighted by Crippen LogP contribution is 2.23. The molecule has 0 aliphatic carbocycles. The van der Waals surface area contributed by atoms with Crippen molar-refractivity contribution >= 4 is 15.5 Å². The van der Waals surface area contributed by atoms with Crippen LogP contribution in [-0.4, -0.2) is 14.7 Å². The zero-order chi connectivity index (χ0) is 15.6. The second-order valence-corrected chi connectivity index (χ2v) is 7.21. The van der Waals surface area contributed by atoms with Crippen molar-refractivity contribution in [2.75, 3.05) is 11.6 Å². The lowest BCUT2D eigenvalue weighted by molar-refractivity contribution is 0.602. The van der Waals surface area contributed by atoms with E-state index in [0.717, 1.165) is 11.1 Å². The first-order chi connectivity index (χ1) is 9.77. The van der Waals surface area contributed by atoms with Gasteiger partial charge in [0.15, 0.2) is 9.84 Å². The molecule has 0 spiro atoms.